The van der Waals surface area contributed by atoms with E-state index in [1.807, 2.05) is 36.4 Å². The summed E-state index contributed by atoms with van der Waals surface area (Å²) in [5.41, 5.74) is 1.37. The van der Waals surface area contributed by atoms with Gasteiger partial charge in [0.2, 0.25) is 0 Å². The lowest BCUT2D eigenvalue weighted by Gasteiger charge is -2.07. The van der Waals surface area contributed by atoms with Gasteiger partial charge in [0.1, 0.15) is 0 Å². The maximum Gasteiger partial charge on any atom is 0.416 e. The summed E-state index contributed by atoms with van der Waals surface area (Å²) in [5.74, 6) is 0. The van der Waals surface area contributed by atoms with Crippen molar-refractivity contribution in [3.05, 3.63) is 89.0 Å². The summed E-state index contributed by atoms with van der Waals surface area (Å²) in [5, 5.41) is 11.3. The molecule has 0 unspecified atom stereocenters. The van der Waals surface area contributed by atoms with Crippen LogP contribution in [-0.4, -0.2) is 6.61 Å². The van der Waals surface area contributed by atoms with E-state index in [0.717, 1.165) is 28.5 Å². The minimum atomic E-state index is -4.33. The van der Waals surface area contributed by atoms with Crippen molar-refractivity contribution in [1.82, 2.24) is 0 Å². The van der Waals surface area contributed by atoms with Gasteiger partial charge in [-0.05, 0) is 46.2 Å². The monoisotopic (exact) mass is 367 g/mol. The molecule has 0 heterocycles. The first-order chi connectivity index (χ1) is 13.0. The molecule has 0 amide bonds. The summed E-state index contributed by atoms with van der Waals surface area (Å²) in [6.07, 6.45) is -0.898. The Bertz CT molecular complexity index is 999. The molecule has 0 radical (unpaired) electrons. The molecule has 0 aliphatic carbocycles. The topological polar surface area (TPSA) is 33.0 Å². The van der Waals surface area contributed by atoms with Gasteiger partial charge in [-0.1, -0.05) is 48.6 Å². The highest BCUT2D eigenvalue weighted by atomic mass is 19.4. The van der Waals surface area contributed by atoms with Gasteiger partial charge in [0.05, 0.1) is 30.4 Å². The molecular weight excluding hydrogens is 351 g/mol. The number of rotatable bonds is 5. The first-order valence-corrected chi connectivity index (χ1v) is 8.31. The van der Waals surface area contributed by atoms with Crippen LogP contribution in [0.3, 0.4) is 0 Å². The van der Waals surface area contributed by atoms with Crippen LogP contribution in [0.2, 0.25) is 0 Å². The Balaban J connectivity index is 1.59. The molecule has 0 saturated heterocycles. The van der Waals surface area contributed by atoms with Crippen LogP contribution in [0.15, 0.2) is 66.7 Å². The van der Waals surface area contributed by atoms with E-state index in [1.54, 1.807) is 12.2 Å². The van der Waals surface area contributed by atoms with E-state index in [2.05, 4.69) is 6.07 Å². The molecule has 0 aliphatic rings. The van der Waals surface area contributed by atoms with Crippen molar-refractivity contribution in [3.8, 4) is 6.07 Å². The minimum absolute atomic E-state index is 0.283. The zero-order valence-electron chi connectivity index (χ0n) is 14.3. The molecule has 0 bridgehead atoms. The minimum Gasteiger partial charge on any atom is -0.373 e. The average Bonchev–Trinajstić information content (AvgIpc) is 2.66. The second-order valence-electron chi connectivity index (χ2n) is 6.01. The highest BCUT2D eigenvalue weighted by Crippen LogP contribution is 2.29. The van der Waals surface area contributed by atoms with E-state index in [1.165, 1.54) is 12.1 Å². The highest BCUT2D eigenvalue weighted by molar-refractivity contribution is 5.84. The first-order valence-electron chi connectivity index (χ1n) is 8.31. The van der Waals surface area contributed by atoms with Gasteiger partial charge in [-0.25, -0.2) is 0 Å². The third kappa shape index (κ3) is 4.75. The van der Waals surface area contributed by atoms with Crippen LogP contribution in [0.4, 0.5) is 13.2 Å². The van der Waals surface area contributed by atoms with E-state index >= 15 is 0 Å². The molecule has 0 aromatic heterocycles. The number of fused-ring (bicyclic) bond motifs is 1. The lowest BCUT2D eigenvalue weighted by atomic mass is 10.0. The molecule has 0 aliphatic heterocycles. The highest BCUT2D eigenvalue weighted by Gasteiger charge is 2.29. The molecule has 136 valence electrons. The van der Waals surface area contributed by atoms with Crippen LogP contribution in [0.5, 0.6) is 0 Å². The Hall–Kier alpha value is -3.10. The molecule has 3 aromatic rings. The van der Waals surface area contributed by atoms with Crippen molar-refractivity contribution in [3.63, 3.8) is 0 Å². The van der Waals surface area contributed by atoms with Crippen molar-refractivity contribution in [1.29, 1.82) is 5.26 Å². The van der Waals surface area contributed by atoms with Gasteiger partial charge < -0.3 is 4.74 Å². The van der Waals surface area contributed by atoms with Crippen molar-refractivity contribution < 1.29 is 17.9 Å². The van der Waals surface area contributed by atoms with Gasteiger partial charge in [0, 0.05) is 0 Å². The lowest BCUT2D eigenvalue weighted by molar-refractivity contribution is -0.137. The normalized spacial score (nSPS) is 11.8. The van der Waals surface area contributed by atoms with E-state index < -0.39 is 11.7 Å². The number of halogens is 3. The summed E-state index contributed by atoms with van der Waals surface area (Å²) in [6, 6.07) is 18.7. The van der Waals surface area contributed by atoms with Gasteiger partial charge in [-0.2, -0.15) is 18.4 Å². The maximum atomic E-state index is 12.5. The van der Waals surface area contributed by atoms with Crippen LogP contribution in [0.1, 0.15) is 22.3 Å². The molecule has 27 heavy (non-hydrogen) atoms. The molecule has 3 rings (SSSR count). The average molecular weight is 367 g/mol. The number of nitriles is 1. The van der Waals surface area contributed by atoms with E-state index in [4.69, 9.17) is 4.74 Å². The molecule has 2 nitrogen and oxygen atoms in total. The van der Waals surface area contributed by atoms with Gasteiger partial charge in [0.15, 0.2) is 0 Å². The third-order valence-electron chi connectivity index (χ3n) is 4.11. The summed E-state index contributed by atoms with van der Waals surface area (Å²) in [4.78, 5) is 0. The number of ether oxygens (including phenoxy) is 1. The van der Waals surface area contributed by atoms with Crippen LogP contribution in [-0.2, 0) is 17.5 Å². The largest absolute Gasteiger partial charge is 0.416 e. The second-order valence-corrected chi connectivity index (χ2v) is 6.01. The summed E-state index contributed by atoms with van der Waals surface area (Å²) in [6.45, 7) is 0.573. The van der Waals surface area contributed by atoms with Crippen molar-refractivity contribution in [2.24, 2.45) is 0 Å². The second kappa shape index (κ2) is 8.07. The standard InChI is InChI=1S/C22H16F3NO/c23-22(24,25)21-9-7-16(8-10-21)4-3-11-27-15-20-13-18-6-2-1-5-17(18)12-19(20)14-26/h1-10,12-13H,11,15H2/b4-3+. The van der Waals surface area contributed by atoms with Gasteiger partial charge >= 0.3 is 6.18 Å². The number of benzene rings is 3. The van der Waals surface area contributed by atoms with Crippen molar-refractivity contribution >= 4 is 16.8 Å². The molecule has 5 heteroatoms. The fourth-order valence-electron chi connectivity index (χ4n) is 2.72. The Labute approximate surface area is 155 Å². The van der Waals surface area contributed by atoms with E-state index in [0.29, 0.717) is 17.7 Å². The molecule has 0 saturated carbocycles. The predicted octanol–water partition coefficient (Wildman–Crippen LogP) is 5.96. The zero-order chi connectivity index (χ0) is 19.3. The van der Waals surface area contributed by atoms with Crippen LogP contribution in [0, 0.1) is 11.3 Å². The lowest BCUT2D eigenvalue weighted by Crippen LogP contribution is -2.03. The van der Waals surface area contributed by atoms with Gasteiger partial charge in [-0.3, -0.25) is 0 Å². The first kappa shape index (κ1) is 18.7. The van der Waals surface area contributed by atoms with E-state index in [9.17, 15) is 18.4 Å². The third-order valence-corrected chi connectivity index (χ3v) is 4.11. The Morgan fingerprint density at radius 3 is 2.26 bits per heavy atom. The molecule has 0 fully saturated rings. The van der Waals surface area contributed by atoms with Gasteiger partial charge in [0.25, 0.3) is 0 Å². The number of alkyl halides is 3. The molecule has 0 spiro atoms. The SMILES string of the molecule is N#Cc1cc2ccccc2cc1COC/C=C/c1ccc(C(F)(F)F)cc1. The number of nitrogens with zero attached hydrogens (tertiary/aromatic N) is 1. The summed E-state index contributed by atoms with van der Waals surface area (Å²) < 4.78 is 43.2. The Morgan fingerprint density at radius 2 is 1.63 bits per heavy atom. The molecule has 0 N–H and O–H groups in total. The maximum absolute atomic E-state index is 12.5. The summed E-state index contributed by atoms with van der Waals surface area (Å²) in [7, 11) is 0. The quantitative estimate of drug-likeness (QED) is 0.521. The number of hydrogen-bond acceptors (Lipinski definition) is 2. The fourth-order valence-corrected chi connectivity index (χ4v) is 2.72. The smallest absolute Gasteiger partial charge is 0.373 e. The van der Waals surface area contributed by atoms with Crippen molar-refractivity contribution in [2.75, 3.05) is 6.61 Å². The zero-order valence-corrected chi connectivity index (χ0v) is 14.3. The van der Waals surface area contributed by atoms with E-state index in [-0.39, 0.29) is 6.61 Å². The number of hydrogen-bond donors (Lipinski definition) is 0. The predicted molar refractivity (Wildman–Crippen MR) is 98.8 cm³/mol. The Kier molecular flexibility index (Phi) is 5.58. The molecule has 0 atom stereocenters. The fraction of sp³-hybridized carbons (Fsp3) is 0.136. The van der Waals surface area contributed by atoms with Crippen LogP contribution in [0.25, 0.3) is 16.8 Å². The van der Waals surface area contributed by atoms with Crippen molar-refractivity contribution in [2.45, 2.75) is 12.8 Å². The van der Waals surface area contributed by atoms with Crippen LogP contribution < -0.4 is 0 Å². The Morgan fingerprint density at radius 1 is 0.963 bits per heavy atom. The molecule has 3 aromatic carbocycles. The summed E-state index contributed by atoms with van der Waals surface area (Å²) >= 11 is 0. The van der Waals surface area contributed by atoms with Gasteiger partial charge in [-0.15, -0.1) is 0 Å². The molecular formula is C22H16F3NO. The van der Waals surface area contributed by atoms with Crippen LogP contribution >= 0.6 is 0 Å².